The quantitative estimate of drug-likeness (QED) is 0.679. The van der Waals surface area contributed by atoms with E-state index in [1.165, 1.54) is 16.9 Å². The average Bonchev–Trinajstić information content (AvgIpc) is 3.22. The van der Waals surface area contributed by atoms with E-state index in [1.807, 2.05) is 24.3 Å². The van der Waals surface area contributed by atoms with Crippen LogP contribution in [-0.4, -0.2) is 32.6 Å². The highest BCUT2D eigenvalue weighted by atomic mass is 32.1. The number of benzene rings is 1. The number of hydrogen-bond acceptors (Lipinski definition) is 6. The number of aliphatic carboxylic acids is 1. The monoisotopic (exact) mass is 395 g/mol. The van der Waals surface area contributed by atoms with Crippen molar-refractivity contribution in [3.63, 3.8) is 0 Å². The van der Waals surface area contributed by atoms with Crippen molar-refractivity contribution in [3.8, 4) is 10.9 Å². The maximum absolute atomic E-state index is 11.5. The maximum atomic E-state index is 11.5. The molecule has 2 aromatic heterocycles. The van der Waals surface area contributed by atoms with Gasteiger partial charge in [-0.15, -0.1) is 0 Å². The maximum Gasteiger partial charge on any atom is 0.306 e. The average molecular weight is 395 g/mol. The van der Waals surface area contributed by atoms with Crippen LogP contribution in [0.3, 0.4) is 0 Å². The van der Waals surface area contributed by atoms with Crippen LogP contribution in [0.4, 0.5) is 0 Å². The van der Waals surface area contributed by atoms with Gasteiger partial charge in [0.15, 0.2) is 5.65 Å². The molecule has 2 saturated heterocycles. The first-order valence-corrected chi connectivity index (χ1v) is 10.4. The van der Waals surface area contributed by atoms with Gasteiger partial charge in [0, 0.05) is 17.8 Å². The van der Waals surface area contributed by atoms with Crippen LogP contribution in [0, 0.1) is 5.92 Å². The standard InChI is InChI=1S/C21H21N3O3S/c25-19(26)14-10-15-7-8-21(12-14,24-15)11-13-3-5-16(6-4-13)27-20-23-18-17(28-20)2-1-9-22-18/h1-6,9,14-15,24H,7-8,10-12H2,(H,25,26). The Morgan fingerprint density at radius 1 is 1.32 bits per heavy atom. The first-order chi connectivity index (χ1) is 13.6. The number of nitrogens with one attached hydrogen (secondary N) is 1. The summed E-state index contributed by atoms with van der Waals surface area (Å²) < 4.78 is 6.89. The second kappa shape index (κ2) is 6.83. The van der Waals surface area contributed by atoms with Crippen LogP contribution >= 0.6 is 11.3 Å². The van der Waals surface area contributed by atoms with Crippen molar-refractivity contribution in [1.82, 2.24) is 15.3 Å². The highest BCUT2D eigenvalue weighted by molar-refractivity contribution is 7.20. The number of thiazole rings is 1. The molecule has 3 atom stereocenters. The van der Waals surface area contributed by atoms with E-state index in [1.54, 1.807) is 6.20 Å². The molecule has 7 heteroatoms. The number of piperidine rings is 1. The number of carboxylic acid groups (broad SMARTS) is 1. The first-order valence-electron chi connectivity index (χ1n) is 9.57. The fourth-order valence-electron chi connectivity index (χ4n) is 4.62. The number of ether oxygens (including phenoxy) is 1. The SMILES string of the molecule is O=C(O)C1CC2CCC(Cc3ccc(Oc4nc5ncccc5s4)cc3)(C1)N2. The molecule has 28 heavy (non-hydrogen) atoms. The molecule has 1 aromatic carbocycles. The fourth-order valence-corrected chi connectivity index (χ4v) is 5.42. The van der Waals surface area contributed by atoms with Gasteiger partial charge in [0.2, 0.25) is 0 Å². The third-order valence-corrected chi connectivity index (χ3v) is 6.74. The molecule has 2 aliphatic heterocycles. The largest absolute Gasteiger partial charge is 0.481 e. The number of hydrogen-bond donors (Lipinski definition) is 2. The smallest absolute Gasteiger partial charge is 0.306 e. The predicted octanol–water partition coefficient (Wildman–Crippen LogP) is 4.01. The molecule has 6 nitrogen and oxygen atoms in total. The zero-order valence-corrected chi connectivity index (χ0v) is 16.1. The Morgan fingerprint density at radius 3 is 2.96 bits per heavy atom. The number of carboxylic acids is 1. The van der Waals surface area contributed by atoms with Gasteiger partial charge in [0.25, 0.3) is 5.19 Å². The Labute approximate surface area is 166 Å². The minimum absolute atomic E-state index is 0.0902. The van der Waals surface area contributed by atoms with Crippen LogP contribution in [0.5, 0.6) is 10.9 Å². The lowest BCUT2D eigenvalue weighted by Gasteiger charge is -2.38. The molecule has 3 unspecified atom stereocenters. The summed E-state index contributed by atoms with van der Waals surface area (Å²) in [5.74, 6) is -0.152. The lowest BCUT2D eigenvalue weighted by Crippen LogP contribution is -2.52. The lowest BCUT2D eigenvalue weighted by atomic mass is 9.79. The van der Waals surface area contributed by atoms with Crippen molar-refractivity contribution in [1.29, 1.82) is 0 Å². The van der Waals surface area contributed by atoms with E-state index in [0.29, 0.717) is 23.3 Å². The molecular weight excluding hydrogens is 374 g/mol. The van der Waals surface area contributed by atoms with Crippen LogP contribution in [0.15, 0.2) is 42.6 Å². The molecule has 2 aliphatic rings. The third-order valence-electron chi connectivity index (χ3n) is 5.85. The molecule has 2 bridgehead atoms. The van der Waals surface area contributed by atoms with Gasteiger partial charge in [0.1, 0.15) is 5.75 Å². The van der Waals surface area contributed by atoms with E-state index in [9.17, 15) is 9.90 Å². The molecule has 2 N–H and O–H groups in total. The van der Waals surface area contributed by atoms with Gasteiger partial charge in [-0.2, -0.15) is 4.98 Å². The van der Waals surface area contributed by atoms with E-state index in [4.69, 9.17) is 4.74 Å². The second-order valence-electron chi connectivity index (χ2n) is 7.86. The molecule has 4 heterocycles. The molecular formula is C21H21N3O3S. The van der Waals surface area contributed by atoms with Gasteiger partial charge in [0.05, 0.1) is 10.6 Å². The molecule has 0 amide bonds. The summed E-state index contributed by atoms with van der Waals surface area (Å²) in [5, 5.41) is 13.7. The van der Waals surface area contributed by atoms with Crippen LogP contribution in [0.2, 0.25) is 0 Å². The van der Waals surface area contributed by atoms with Crippen LogP contribution < -0.4 is 10.1 Å². The molecule has 0 aliphatic carbocycles. The fraction of sp³-hybridized carbons (Fsp3) is 0.381. The van der Waals surface area contributed by atoms with Crippen LogP contribution in [0.1, 0.15) is 31.2 Å². The summed E-state index contributed by atoms with van der Waals surface area (Å²) in [6, 6.07) is 12.2. The number of nitrogens with zero attached hydrogens (tertiary/aromatic N) is 2. The number of pyridine rings is 1. The summed E-state index contributed by atoms with van der Waals surface area (Å²) >= 11 is 1.47. The summed E-state index contributed by atoms with van der Waals surface area (Å²) in [6.07, 6.45) is 6.13. The van der Waals surface area contributed by atoms with Gasteiger partial charge in [-0.05, 0) is 61.9 Å². The number of carbonyl (C=O) groups is 1. The Balaban J connectivity index is 1.29. The van der Waals surface area contributed by atoms with Crippen molar-refractivity contribution in [2.24, 2.45) is 5.92 Å². The number of aromatic nitrogens is 2. The highest BCUT2D eigenvalue weighted by Gasteiger charge is 2.46. The Morgan fingerprint density at radius 2 is 2.18 bits per heavy atom. The van der Waals surface area contributed by atoms with Crippen molar-refractivity contribution in [3.05, 3.63) is 48.2 Å². The number of rotatable bonds is 5. The van der Waals surface area contributed by atoms with Gasteiger partial charge in [-0.1, -0.05) is 23.5 Å². The minimum atomic E-state index is -0.660. The first kappa shape index (κ1) is 17.6. The molecule has 0 spiro atoms. The molecule has 0 radical (unpaired) electrons. The highest BCUT2D eigenvalue weighted by Crippen LogP contribution is 2.41. The molecule has 5 rings (SSSR count). The summed E-state index contributed by atoms with van der Waals surface area (Å²) in [6.45, 7) is 0. The molecule has 2 fully saturated rings. The van der Waals surface area contributed by atoms with Crippen molar-refractivity contribution in [2.75, 3.05) is 0 Å². The third kappa shape index (κ3) is 3.36. The van der Waals surface area contributed by atoms with Gasteiger partial charge >= 0.3 is 5.97 Å². The summed E-state index contributed by atoms with van der Waals surface area (Å²) in [4.78, 5) is 20.1. The van der Waals surface area contributed by atoms with Gasteiger partial charge < -0.3 is 15.2 Å². The zero-order valence-electron chi connectivity index (χ0n) is 15.3. The Bertz CT molecular complexity index is 986. The second-order valence-corrected chi connectivity index (χ2v) is 8.86. The van der Waals surface area contributed by atoms with E-state index in [2.05, 4.69) is 27.4 Å². The van der Waals surface area contributed by atoms with Crippen molar-refractivity contribution in [2.45, 2.75) is 43.7 Å². The van der Waals surface area contributed by atoms with Gasteiger partial charge in [-0.3, -0.25) is 4.79 Å². The Kier molecular flexibility index (Phi) is 4.29. The normalized spacial score (nSPS) is 26.4. The Hall–Kier alpha value is -2.51. The molecule has 3 aromatic rings. The van der Waals surface area contributed by atoms with Crippen molar-refractivity contribution >= 4 is 27.7 Å². The van der Waals surface area contributed by atoms with Crippen LogP contribution in [-0.2, 0) is 11.2 Å². The van der Waals surface area contributed by atoms with E-state index < -0.39 is 5.97 Å². The van der Waals surface area contributed by atoms with Gasteiger partial charge in [-0.25, -0.2) is 4.98 Å². The molecule has 0 saturated carbocycles. The lowest BCUT2D eigenvalue weighted by molar-refractivity contribution is -0.143. The summed E-state index contributed by atoms with van der Waals surface area (Å²) in [5.41, 5.74) is 1.80. The topological polar surface area (TPSA) is 84.3 Å². The van der Waals surface area contributed by atoms with E-state index in [0.717, 1.165) is 36.1 Å². The van der Waals surface area contributed by atoms with E-state index in [-0.39, 0.29) is 11.5 Å². The number of fused-ring (bicyclic) bond motifs is 3. The van der Waals surface area contributed by atoms with Crippen LogP contribution in [0.25, 0.3) is 10.3 Å². The van der Waals surface area contributed by atoms with E-state index >= 15 is 0 Å². The minimum Gasteiger partial charge on any atom is -0.481 e. The predicted molar refractivity (Wildman–Crippen MR) is 107 cm³/mol. The zero-order chi connectivity index (χ0) is 19.1. The van der Waals surface area contributed by atoms with Crippen molar-refractivity contribution < 1.29 is 14.6 Å². The summed E-state index contributed by atoms with van der Waals surface area (Å²) in [7, 11) is 0. The molecule has 144 valence electrons.